The highest BCUT2D eigenvalue weighted by Gasteiger charge is 2.86. The minimum atomic E-state index is -0.130. The maximum Gasteiger partial charge on any atom is 0.0576 e. The molecule has 6 saturated carbocycles. The van der Waals surface area contributed by atoms with Crippen molar-refractivity contribution in [1.29, 1.82) is 0 Å². The number of fused-ring (bicyclic) bond motifs is 4. The highest BCUT2D eigenvalue weighted by atomic mass is 16.3. The number of rotatable bonds is 0. The number of hydrogen-bond donors (Lipinski definition) is 1. The van der Waals surface area contributed by atoms with Crippen LogP contribution in [0.5, 0.6) is 0 Å². The Labute approximate surface area is 198 Å². The summed E-state index contributed by atoms with van der Waals surface area (Å²) in [6.45, 7) is 23.5. The molecule has 1 nitrogen and oxygen atoms in total. The van der Waals surface area contributed by atoms with E-state index in [0.717, 1.165) is 41.9 Å². The van der Waals surface area contributed by atoms with Crippen molar-refractivity contribution in [2.24, 2.45) is 73.9 Å². The van der Waals surface area contributed by atoms with Gasteiger partial charge in [-0.05, 0) is 125 Å². The standard InChI is InChI=1S/C31H52O/c1-18-10-12-27(6)14-15-30(9)25-21(31(25,27)19(18)2)16-24-28(7)17-22(32)20(3)26(4,5)23(28)11-13-29(24,30)8/h18-25,32H,10-17H2,1-9H3/t18-,19+,20?,21?,22?,23?,24-,25?,27?,28?,29?,30-,31?/m1/s1. The van der Waals surface area contributed by atoms with Crippen molar-refractivity contribution in [3.8, 4) is 0 Å². The van der Waals surface area contributed by atoms with Crippen molar-refractivity contribution in [2.45, 2.75) is 120 Å². The fourth-order valence-corrected chi connectivity index (χ4v) is 13.3. The van der Waals surface area contributed by atoms with Crippen molar-refractivity contribution in [1.82, 2.24) is 0 Å². The second-order valence-corrected chi connectivity index (χ2v) is 16.0. The van der Waals surface area contributed by atoms with Gasteiger partial charge in [-0.15, -0.1) is 0 Å². The minimum Gasteiger partial charge on any atom is -0.393 e. The van der Waals surface area contributed by atoms with E-state index in [0.29, 0.717) is 33.0 Å². The van der Waals surface area contributed by atoms with E-state index in [1.54, 1.807) is 0 Å². The van der Waals surface area contributed by atoms with Gasteiger partial charge in [0.15, 0.2) is 0 Å². The van der Waals surface area contributed by atoms with Crippen LogP contribution in [0.15, 0.2) is 0 Å². The number of aliphatic hydroxyl groups excluding tert-OH is 1. The highest BCUT2D eigenvalue weighted by Crippen LogP contribution is 2.91. The second-order valence-electron chi connectivity index (χ2n) is 16.0. The van der Waals surface area contributed by atoms with Crippen LogP contribution in [0.3, 0.4) is 0 Å². The van der Waals surface area contributed by atoms with E-state index in [1.165, 1.54) is 44.9 Å². The molecule has 6 aliphatic rings. The van der Waals surface area contributed by atoms with Gasteiger partial charge < -0.3 is 5.11 Å². The Balaban J connectivity index is 1.48. The second kappa shape index (κ2) is 6.02. The summed E-state index contributed by atoms with van der Waals surface area (Å²) in [5.74, 6) is 5.66. The maximum atomic E-state index is 11.3. The van der Waals surface area contributed by atoms with Crippen LogP contribution in [0.25, 0.3) is 0 Å². The molecule has 1 N–H and O–H groups in total. The first-order valence-electron chi connectivity index (χ1n) is 14.4. The van der Waals surface area contributed by atoms with Crippen LogP contribution >= 0.6 is 0 Å². The summed E-state index contributed by atoms with van der Waals surface area (Å²) in [7, 11) is 0. The molecule has 32 heavy (non-hydrogen) atoms. The summed E-state index contributed by atoms with van der Waals surface area (Å²) < 4.78 is 0. The summed E-state index contributed by atoms with van der Waals surface area (Å²) in [6, 6.07) is 0. The van der Waals surface area contributed by atoms with E-state index in [9.17, 15) is 5.11 Å². The third-order valence-electron chi connectivity index (χ3n) is 15.5. The normalized spacial score (nSPS) is 66.9. The lowest BCUT2D eigenvalue weighted by Crippen LogP contribution is -2.64. The van der Waals surface area contributed by atoms with Crippen LogP contribution in [-0.2, 0) is 0 Å². The predicted octanol–water partition coefficient (Wildman–Crippen LogP) is 7.96. The molecule has 0 aromatic heterocycles. The largest absolute Gasteiger partial charge is 0.393 e. The fourth-order valence-electron chi connectivity index (χ4n) is 13.3. The average Bonchev–Trinajstić information content (AvgIpc) is 3.40. The molecule has 0 amide bonds. The van der Waals surface area contributed by atoms with Crippen LogP contribution in [-0.4, -0.2) is 11.2 Å². The van der Waals surface area contributed by atoms with Gasteiger partial charge in [-0.1, -0.05) is 62.3 Å². The van der Waals surface area contributed by atoms with Gasteiger partial charge in [-0.3, -0.25) is 0 Å². The van der Waals surface area contributed by atoms with Crippen molar-refractivity contribution in [2.75, 3.05) is 0 Å². The van der Waals surface area contributed by atoms with Gasteiger partial charge in [0.1, 0.15) is 0 Å². The molecule has 9 unspecified atom stereocenters. The zero-order valence-electron chi connectivity index (χ0n) is 22.7. The molecule has 0 aromatic carbocycles. The van der Waals surface area contributed by atoms with E-state index in [-0.39, 0.29) is 11.5 Å². The molecule has 1 heteroatoms. The summed E-state index contributed by atoms with van der Waals surface area (Å²) >= 11 is 0. The zero-order valence-corrected chi connectivity index (χ0v) is 22.7. The van der Waals surface area contributed by atoms with Gasteiger partial charge in [-0.2, -0.15) is 0 Å². The molecule has 0 saturated heterocycles. The molecular weight excluding hydrogens is 388 g/mol. The molecule has 13 atom stereocenters. The van der Waals surface area contributed by atoms with Gasteiger partial charge in [0.2, 0.25) is 0 Å². The van der Waals surface area contributed by atoms with Crippen molar-refractivity contribution in [3.63, 3.8) is 0 Å². The highest BCUT2D eigenvalue weighted by molar-refractivity contribution is 5.33. The summed E-state index contributed by atoms with van der Waals surface area (Å²) in [5, 5.41) is 11.3. The summed E-state index contributed by atoms with van der Waals surface area (Å²) in [5.41, 5.74) is 2.67. The van der Waals surface area contributed by atoms with Crippen LogP contribution in [0.4, 0.5) is 0 Å². The SMILES string of the molecule is CC1C(O)CC2(C)C(CCC3(C)[C@@H]2CC2C4C25[C@@H](C)[C@H](C)CCC5(C)CC[C@]43C)C1(C)C. The molecule has 6 fully saturated rings. The van der Waals surface area contributed by atoms with Gasteiger partial charge in [0, 0.05) is 0 Å². The molecule has 0 radical (unpaired) electrons. The van der Waals surface area contributed by atoms with Crippen molar-refractivity contribution in [3.05, 3.63) is 0 Å². The molecule has 1 spiro atoms. The van der Waals surface area contributed by atoms with Gasteiger partial charge >= 0.3 is 0 Å². The molecule has 0 heterocycles. The van der Waals surface area contributed by atoms with Crippen LogP contribution in [0.1, 0.15) is 114 Å². The van der Waals surface area contributed by atoms with Crippen LogP contribution in [0.2, 0.25) is 0 Å². The summed E-state index contributed by atoms with van der Waals surface area (Å²) in [6.07, 6.45) is 11.1. The van der Waals surface area contributed by atoms with Crippen LogP contribution < -0.4 is 0 Å². The van der Waals surface area contributed by atoms with Gasteiger partial charge in [-0.25, -0.2) is 0 Å². The Bertz CT molecular complexity index is 830. The van der Waals surface area contributed by atoms with E-state index in [4.69, 9.17) is 0 Å². The Morgan fingerprint density at radius 3 is 2.09 bits per heavy atom. The lowest BCUT2D eigenvalue weighted by molar-refractivity contribution is -0.230. The lowest BCUT2D eigenvalue weighted by Gasteiger charge is -2.70. The lowest BCUT2D eigenvalue weighted by atomic mass is 9.35. The topological polar surface area (TPSA) is 20.2 Å². The fraction of sp³-hybridized carbons (Fsp3) is 1.00. The molecule has 0 bridgehead atoms. The summed E-state index contributed by atoms with van der Waals surface area (Å²) in [4.78, 5) is 0. The molecular formula is C31H52O. The Morgan fingerprint density at radius 1 is 0.719 bits per heavy atom. The monoisotopic (exact) mass is 440 g/mol. The van der Waals surface area contributed by atoms with Gasteiger partial charge in [0.25, 0.3) is 0 Å². The van der Waals surface area contributed by atoms with Crippen LogP contribution in [0, 0.1) is 73.9 Å². The van der Waals surface area contributed by atoms with Crippen molar-refractivity contribution < 1.29 is 5.11 Å². The predicted molar refractivity (Wildman–Crippen MR) is 133 cm³/mol. The first kappa shape index (κ1) is 22.4. The first-order chi connectivity index (χ1) is 14.7. The average molecular weight is 441 g/mol. The maximum absolute atomic E-state index is 11.3. The molecule has 6 rings (SSSR count). The minimum absolute atomic E-state index is 0.130. The molecule has 6 aliphatic carbocycles. The van der Waals surface area contributed by atoms with E-state index in [1.807, 2.05) is 0 Å². The Morgan fingerprint density at radius 2 is 1.41 bits per heavy atom. The zero-order chi connectivity index (χ0) is 23.3. The molecule has 0 aromatic rings. The van der Waals surface area contributed by atoms with Gasteiger partial charge in [0.05, 0.1) is 6.10 Å². The first-order valence-corrected chi connectivity index (χ1v) is 14.4. The number of hydrogen-bond acceptors (Lipinski definition) is 1. The molecule has 0 aliphatic heterocycles. The van der Waals surface area contributed by atoms with E-state index < -0.39 is 0 Å². The Kier molecular flexibility index (Phi) is 4.22. The number of aliphatic hydroxyl groups is 1. The quantitative estimate of drug-likeness (QED) is 0.405. The van der Waals surface area contributed by atoms with E-state index in [2.05, 4.69) is 62.3 Å². The third kappa shape index (κ3) is 2.08. The smallest absolute Gasteiger partial charge is 0.0576 e. The molecule has 182 valence electrons. The van der Waals surface area contributed by atoms with Crippen molar-refractivity contribution >= 4 is 0 Å². The Hall–Kier alpha value is -0.0400. The third-order valence-corrected chi connectivity index (χ3v) is 15.5. The van der Waals surface area contributed by atoms with E-state index >= 15 is 0 Å².